The number of hydrogen-bond donors (Lipinski definition) is 1. The molecule has 0 spiro atoms. The summed E-state index contributed by atoms with van der Waals surface area (Å²) in [5.41, 5.74) is 2.78. The molecular weight excluding hydrogens is 452 g/mol. The fourth-order valence-electron chi connectivity index (χ4n) is 4.43. The summed E-state index contributed by atoms with van der Waals surface area (Å²) in [5.74, 6) is 0.384. The van der Waals surface area contributed by atoms with Gasteiger partial charge in [-0.05, 0) is 37.1 Å². The zero-order chi connectivity index (χ0) is 24.1. The molecule has 2 atom stereocenters. The molecule has 0 bridgehead atoms. The van der Waals surface area contributed by atoms with Crippen LogP contribution in [-0.4, -0.2) is 64.3 Å². The largest absolute Gasteiger partial charge is 0.491 e. The highest BCUT2D eigenvalue weighted by Crippen LogP contribution is 2.27. The van der Waals surface area contributed by atoms with E-state index in [1.165, 1.54) is 0 Å². The third kappa shape index (κ3) is 5.85. The first kappa shape index (κ1) is 24.0. The van der Waals surface area contributed by atoms with Gasteiger partial charge in [-0.15, -0.1) is 0 Å². The number of piperazine rings is 1. The summed E-state index contributed by atoms with van der Waals surface area (Å²) >= 11 is 6.24. The number of carbonyl (C=O) groups is 1. The summed E-state index contributed by atoms with van der Waals surface area (Å²) in [6.45, 7) is 7.24. The average Bonchev–Trinajstić information content (AvgIpc) is 2.83. The van der Waals surface area contributed by atoms with Gasteiger partial charge in [-0.1, -0.05) is 48.0 Å². The lowest BCUT2D eigenvalue weighted by Gasteiger charge is -2.44. The van der Waals surface area contributed by atoms with Crippen molar-refractivity contribution in [1.29, 1.82) is 0 Å². The molecule has 1 aromatic heterocycles. The van der Waals surface area contributed by atoms with Crippen molar-refractivity contribution in [2.45, 2.75) is 32.4 Å². The van der Waals surface area contributed by atoms with Crippen LogP contribution in [0.5, 0.6) is 5.75 Å². The van der Waals surface area contributed by atoms with Gasteiger partial charge in [0.15, 0.2) is 0 Å². The van der Waals surface area contributed by atoms with E-state index in [9.17, 15) is 4.79 Å². The van der Waals surface area contributed by atoms with Crippen molar-refractivity contribution in [1.82, 2.24) is 14.9 Å². The van der Waals surface area contributed by atoms with E-state index in [0.717, 1.165) is 36.7 Å². The predicted octanol–water partition coefficient (Wildman–Crippen LogP) is 4.40. The SMILES string of the molecule is C[C@@H]1CN(c2ncc(-c3ccccc3)cn2)C[C@H](C)N1CCOc1cc(CC(=O)O)ccc1Cl. The molecule has 7 nitrogen and oxygen atoms in total. The van der Waals surface area contributed by atoms with Crippen molar-refractivity contribution in [2.24, 2.45) is 0 Å². The quantitative estimate of drug-likeness (QED) is 0.511. The smallest absolute Gasteiger partial charge is 0.307 e. The van der Waals surface area contributed by atoms with Crippen LogP contribution >= 0.6 is 11.6 Å². The number of aliphatic carboxylic acids is 1. The van der Waals surface area contributed by atoms with Crippen LogP contribution in [0.25, 0.3) is 11.1 Å². The first-order valence-corrected chi connectivity index (χ1v) is 11.8. The maximum Gasteiger partial charge on any atom is 0.307 e. The van der Waals surface area contributed by atoms with Gasteiger partial charge in [0.05, 0.1) is 11.4 Å². The van der Waals surface area contributed by atoms with E-state index in [1.807, 2.05) is 30.6 Å². The van der Waals surface area contributed by atoms with Gasteiger partial charge in [0.2, 0.25) is 5.95 Å². The van der Waals surface area contributed by atoms with E-state index in [1.54, 1.807) is 18.2 Å². The first-order valence-electron chi connectivity index (χ1n) is 11.4. The van der Waals surface area contributed by atoms with Gasteiger partial charge >= 0.3 is 5.97 Å². The Bertz CT molecular complexity index is 1100. The minimum Gasteiger partial charge on any atom is -0.491 e. The molecule has 34 heavy (non-hydrogen) atoms. The van der Waals surface area contributed by atoms with Crippen molar-refractivity contribution >= 4 is 23.5 Å². The Kier molecular flexibility index (Phi) is 7.65. The molecule has 0 amide bonds. The molecule has 1 aliphatic heterocycles. The number of anilines is 1. The lowest BCUT2D eigenvalue weighted by atomic mass is 10.1. The molecule has 0 aliphatic carbocycles. The molecule has 0 radical (unpaired) electrons. The number of benzene rings is 2. The molecule has 1 fully saturated rings. The number of carboxylic acids is 1. The molecule has 3 aromatic rings. The van der Waals surface area contributed by atoms with Gasteiger partial charge in [0.25, 0.3) is 0 Å². The van der Waals surface area contributed by atoms with Gasteiger partial charge in [-0.25, -0.2) is 9.97 Å². The molecular formula is C26H29ClN4O3. The number of ether oxygens (including phenoxy) is 1. The molecule has 8 heteroatoms. The van der Waals surface area contributed by atoms with Crippen LogP contribution in [0.1, 0.15) is 19.4 Å². The van der Waals surface area contributed by atoms with Crippen LogP contribution in [0.3, 0.4) is 0 Å². The van der Waals surface area contributed by atoms with Gasteiger partial charge in [0, 0.05) is 49.7 Å². The highest BCUT2D eigenvalue weighted by atomic mass is 35.5. The number of nitrogens with zero attached hydrogens (tertiary/aromatic N) is 4. The minimum atomic E-state index is -0.882. The number of hydrogen-bond acceptors (Lipinski definition) is 6. The second kappa shape index (κ2) is 10.8. The second-order valence-corrected chi connectivity index (χ2v) is 9.07. The van der Waals surface area contributed by atoms with E-state index >= 15 is 0 Å². The van der Waals surface area contributed by atoms with E-state index in [-0.39, 0.29) is 6.42 Å². The van der Waals surface area contributed by atoms with E-state index in [2.05, 4.69) is 45.7 Å². The van der Waals surface area contributed by atoms with Crippen molar-refractivity contribution in [2.75, 3.05) is 31.1 Å². The Labute approximate surface area is 205 Å². The second-order valence-electron chi connectivity index (χ2n) is 8.66. The number of carboxylic acid groups (broad SMARTS) is 1. The zero-order valence-electron chi connectivity index (χ0n) is 19.4. The molecule has 1 aliphatic rings. The standard InChI is InChI=1S/C26H29ClN4O3/c1-18-16-30(26-28-14-22(15-29-26)21-6-4-3-5-7-21)17-19(2)31(18)10-11-34-24-12-20(13-25(32)33)8-9-23(24)27/h3-9,12,14-15,18-19H,10-11,13,16-17H2,1-2H3,(H,32,33)/t18-,19+. The van der Waals surface area contributed by atoms with Crippen LogP contribution < -0.4 is 9.64 Å². The molecule has 178 valence electrons. The molecule has 2 heterocycles. The van der Waals surface area contributed by atoms with Crippen LogP contribution in [0, 0.1) is 0 Å². The Morgan fingerprint density at radius 2 is 1.74 bits per heavy atom. The minimum absolute atomic E-state index is 0.0576. The van der Waals surface area contributed by atoms with Crippen molar-refractivity contribution < 1.29 is 14.6 Å². The number of rotatable bonds is 8. The fourth-order valence-corrected chi connectivity index (χ4v) is 4.60. The number of halogens is 1. The molecule has 2 aromatic carbocycles. The van der Waals surface area contributed by atoms with Crippen LogP contribution in [-0.2, 0) is 11.2 Å². The van der Waals surface area contributed by atoms with Crippen LogP contribution in [0.4, 0.5) is 5.95 Å². The topological polar surface area (TPSA) is 78.8 Å². The van der Waals surface area contributed by atoms with Gasteiger partial charge in [0.1, 0.15) is 12.4 Å². The molecule has 4 rings (SSSR count). The maximum absolute atomic E-state index is 11.0. The maximum atomic E-state index is 11.0. The lowest BCUT2D eigenvalue weighted by Crippen LogP contribution is -2.58. The Morgan fingerprint density at radius 1 is 1.06 bits per heavy atom. The molecule has 1 saturated heterocycles. The van der Waals surface area contributed by atoms with Crippen LogP contribution in [0.2, 0.25) is 5.02 Å². The molecule has 0 saturated carbocycles. The Morgan fingerprint density at radius 3 is 2.38 bits per heavy atom. The molecule has 1 N–H and O–H groups in total. The van der Waals surface area contributed by atoms with Crippen molar-refractivity contribution in [3.63, 3.8) is 0 Å². The van der Waals surface area contributed by atoms with Crippen LogP contribution in [0.15, 0.2) is 60.9 Å². The monoisotopic (exact) mass is 480 g/mol. The Balaban J connectivity index is 1.33. The summed E-state index contributed by atoms with van der Waals surface area (Å²) in [6.07, 6.45) is 3.71. The fraction of sp³-hybridized carbons (Fsp3) is 0.346. The summed E-state index contributed by atoms with van der Waals surface area (Å²) in [4.78, 5) is 24.9. The normalized spacial score (nSPS) is 18.6. The molecule has 0 unspecified atom stereocenters. The summed E-state index contributed by atoms with van der Waals surface area (Å²) in [5, 5.41) is 9.49. The van der Waals surface area contributed by atoms with Crippen molar-refractivity contribution in [3.8, 4) is 16.9 Å². The zero-order valence-corrected chi connectivity index (χ0v) is 20.2. The third-order valence-corrected chi connectivity index (χ3v) is 6.40. The summed E-state index contributed by atoms with van der Waals surface area (Å²) in [7, 11) is 0. The lowest BCUT2D eigenvalue weighted by molar-refractivity contribution is -0.136. The summed E-state index contributed by atoms with van der Waals surface area (Å²) in [6, 6.07) is 15.8. The van der Waals surface area contributed by atoms with Gasteiger partial charge in [-0.3, -0.25) is 9.69 Å². The van der Waals surface area contributed by atoms with E-state index < -0.39 is 5.97 Å². The number of aromatic nitrogens is 2. The third-order valence-electron chi connectivity index (χ3n) is 6.09. The average molecular weight is 481 g/mol. The highest BCUT2D eigenvalue weighted by molar-refractivity contribution is 6.32. The predicted molar refractivity (Wildman–Crippen MR) is 134 cm³/mol. The Hall–Kier alpha value is -3.16. The van der Waals surface area contributed by atoms with Crippen molar-refractivity contribution in [3.05, 3.63) is 71.5 Å². The first-order chi connectivity index (χ1) is 16.4. The van der Waals surface area contributed by atoms with E-state index in [0.29, 0.717) is 35.0 Å². The van der Waals surface area contributed by atoms with Gasteiger partial charge in [-0.2, -0.15) is 0 Å². The highest BCUT2D eigenvalue weighted by Gasteiger charge is 2.30. The summed E-state index contributed by atoms with van der Waals surface area (Å²) < 4.78 is 5.92. The van der Waals surface area contributed by atoms with E-state index in [4.69, 9.17) is 21.4 Å². The van der Waals surface area contributed by atoms with Gasteiger partial charge < -0.3 is 14.7 Å².